The summed E-state index contributed by atoms with van der Waals surface area (Å²) in [5.41, 5.74) is 1.08. The molecule has 0 radical (unpaired) electrons. The van der Waals surface area contributed by atoms with Gasteiger partial charge in [-0.2, -0.15) is 9.61 Å². The Morgan fingerprint density at radius 3 is 2.68 bits per heavy atom. The smallest absolute Gasteiger partial charge is 0.230 e. The van der Waals surface area contributed by atoms with Crippen LogP contribution < -0.4 is 4.74 Å². The van der Waals surface area contributed by atoms with Crippen LogP contribution >= 0.6 is 11.3 Å². The van der Waals surface area contributed by atoms with Crippen LogP contribution in [0.1, 0.15) is 44.2 Å². The Balaban J connectivity index is 2.09. The molecule has 3 aromatic rings. The van der Waals surface area contributed by atoms with Crippen molar-refractivity contribution >= 4 is 16.3 Å². The van der Waals surface area contributed by atoms with Gasteiger partial charge >= 0.3 is 0 Å². The van der Waals surface area contributed by atoms with Crippen LogP contribution in [0.25, 0.3) is 4.96 Å². The van der Waals surface area contributed by atoms with Crippen LogP contribution in [0.15, 0.2) is 30.6 Å². The summed E-state index contributed by atoms with van der Waals surface area (Å²) in [7, 11) is 0. The molecule has 6 nitrogen and oxygen atoms in total. The zero-order valence-corrected chi connectivity index (χ0v) is 15.8. The van der Waals surface area contributed by atoms with E-state index in [4.69, 9.17) is 4.74 Å². The van der Waals surface area contributed by atoms with Gasteiger partial charge in [-0.05, 0) is 44.6 Å². The van der Waals surface area contributed by atoms with Crippen LogP contribution in [0.5, 0.6) is 11.6 Å². The Bertz CT molecular complexity index is 839. The lowest BCUT2D eigenvalue weighted by atomic mass is 10.0. The Morgan fingerprint density at radius 2 is 2.04 bits per heavy atom. The van der Waals surface area contributed by atoms with Crippen LogP contribution in [0.3, 0.4) is 0 Å². The SMILES string of the molecule is CCN(CC)C(c1cccc(OC(C)C)c1)c1sc2ncnn2c1O. The summed E-state index contributed by atoms with van der Waals surface area (Å²) in [6, 6.07) is 8.02. The summed E-state index contributed by atoms with van der Waals surface area (Å²) in [6.45, 7) is 10.0. The summed E-state index contributed by atoms with van der Waals surface area (Å²) in [4.78, 5) is 8.06. The minimum Gasteiger partial charge on any atom is -0.492 e. The molecule has 1 unspecified atom stereocenters. The number of rotatable bonds is 7. The van der Waals surface area contributed by atoms with E-state index in [2.05, 4.69) is 41.0 Å². The summed E-state index contributed by atoms with van der Waals surface area (Å²) in [5, 5.41) is 14.8. The van der Waals surface area contributed by atoms with Crippen molar-refractivity contribution in [3.05, 3.63) is 41.0 Å². The van der Waals surface area contributed by atoms with E-state index in [1.165, 1.54) is 22.2 Å². The third kappa shape index (κ3) is 3.48. The molecule has 1 atom stereocenters. The fraction of sp³-hybridized carbons (Fsp3) is 0.444. The van der Waals surface area contributed by atoms with Crippen LogP contribution in [-0.4, -0.2) is 43.8 Å². The van der Waals surface area contributed by atoms with E-state index in [1.807, 2.05) is 26.0 Å². The number of benzene rings is 1. The molecule has 1 N–H and O–H groups in total. The van der Waals surface area contributed by atoms with Crippen LogP contribution in [0, 0.1) is 0 Å². The lowest BCUT2D eigenvalue weighted by Crippen LogP contribution is -2.29. The normalized spacial score (nSPS) is 13.0. The van der Waals surface area contributed by atoms with E-state index in [0.29, 0.717) is 4.96 Å². The van der Waals surface area contributed by atoms with Crippen molar-refractivity contribution in [2.45, 2.75) is 39.8 Å². The molecule has 0 fully saturated rings. The van der Waals surface area contributed by atoms with Gasteiger partial charge in [0.25, 0.3) is 0 Å². The Labute approximate surface area is 151 Å². The average Bonchev–Trinajstić information content (AvgIpc) is 3.15. The molecule has 2 aromatic heterocycles. The minimum absolute atomic E-state index is 0.0702. The van der Waals surface area contributed by atoms with Crippen molar-refractivity contribution in [3.63, 3.8) is 0 Å². The number of thiazole rings is 1. The Kier molecular flexibility index (Phi) is 5.24. The highest BCUT2D eigenvalue weighted by molar-refractivity contribution is 7.17. The molecule has 1 aromatic carbocycles. The minimum atomic E-state index is -0.0702. The highest BCUT2D eigenvalue weighted by Gasteiger charge is 2.28. The highest BCUT2D eigenvalue weighted by atomic mass is 32.1. The van der Waals surface area contributed by atoms with Gasteiger partial charge in [-0.15, -0.1) is 0 Å². The van der Waals surface area contributed by atoms with Gasteiger partial charge in [0.15, 0.2) is 0 Å². The monoisotopic (exact) mass is 360 g/mol. The molecule has 3 rings (SSSR count). The predicted molar refractivity (Wildman–Crippen MR) is 99.5 cm³/mol. The molecule has 7 heteroatoms. The van der Waals surface area contributed by atoms with E-state index >= 15 is 0 Å². The van der Waals surface area contributed by atoms with Gasteiger partial charge in [-0.3, -0.25) is 4.90 Å². The number of aromatic nitrogens is 3. The van der Waals surface area contributed by atoms with Gasteiger partial charge in [0.05, 0.1) is 17.0 Å². The van der Waals surface area contributed by atoms with E-state index in [-0.39, 0.29) is 18.0 Å². The summed E-state index contributed by atoms with van der Waals surface area (Å²) < 4.78 is 7.35. The third-order valence-electron chi connectivity index (χ3n) is 4.11. The molecule has 0 aliphatic rings. The molecule has 0 saturated carbocycles. The topological polar surface area (TPSA) is 62.9 Å². The molecule has 134 valence electrons. The molecular formula is C18H24N4O2S. The first kappa shape index (κ1) is 17.7. The van der Waals surface area contributed by atoms with Crippen molar-refractivity contribution in [1.82, 2.24) is 19.5 Å². The van der Waals surface area contributed by atoms with Gasteiger partial charge in [-0.1, -0.05) is 37.3 Å². The summed E-state index contributed by atoms with van der Waals surface area (Å²) in [6.07, 6.45) is 1.57. The fourth-order valence-electron chi connectivity index (χ4n) is 3.02. The van der Waals surface area contributed by atoms with Gasteiger partial charge in [-0.25, -0.2) is 4.98 Å². The van der Waals surface area contributed by atoms with Gasteiger partial charge in [0, 0.05) is 0 Å². The fourth-order valence-corrected chi connectivity index (χ4v) is 4.11. The second-order valence-corrected chi connectivity index (χ2v) is 7.12. The maximum atomic E-state index is 10.7. The number of aromatic hydroxyl groups is 1. The quantitative estimate of drug-likeness (QED) is 0.696. The van der Waals surface area contributed by atoms with E-state index < -0.39 is 0 Å². The molecule has 2 heterocycles. The molecular weight excluding hydrogens is 336 g/mol. The van der Waals surface area contributed by atoms with Gasteiger partial charge in [0.1, 0.15) is 12.1 Å². The van der Waals surface area contributed by atoms with Crippen LogP contribution in [-0.2, 0) is 0 Å². The van der Waals surface area contributed by atoms with Crippen molar-refractivity contribution in [2.24, 2.45) is 0 Å². The van der Waals surface area contributed by atoms with Crippen molar-refractivity contribution in [2.75, 3.05) is 13.1 Å². The number of nitrogens with zero attached hydrogens (tertiary/aromatic N) is 4. The highest BCUT2D eigenvalue weighted by Crippen LogP contribution is 2.40. The van der Waals surface area contributed by atoms with Crippen LogP contribution in [0.4, 0.5) is 0 Å². The lowest BCUT2D eigenvalue weighted by molar-refractivity contribution is 0.236. The van der Waals surface area contributed by atoms with Crippen molar-refractivity contribution < 1.29 is 9.84 Å². The number of hydrogen-bond acceptors (Lipinski definition) is 6. The number of hydrogen-bond donors (Lipinski definition) is 1. The van der Waals surface area contributed by atoms with E-state index in [9.17, 15) is 5.11 Å². The second-order valence-electron chi connectivity index (χ2n) is 6.11. The molecule has 0 saturated heterocycles. The first-order valence-corrected chi connectivity index (χ1v) is 9.38. The summed E-state index contributed by atoms with van der Waals surface area (Å²) in [5.74, 6) is 0.994. The van der Waals surface area contributed by atoms with Gasteiger partial charge < -0.3 is 9.84 Å². The molecule has 0 aliphatic heterocycles. The maximum Gasteiger partial charge on any atom is 0.230 e. The number of fused-ring (bicyclic) bond motifs is 1. The van der Waals surface area contributed by atoms with Crippen molar-refractivity contribution in [1.29, 1.82) is 0 Å². The predicted octanol–water partition coefficient (Wildman–Crippen LogP) is 3.71. The zero-order chi connectivity index (χ0) is 18.0. The lowest BCUT2D eigenvalue weighted by Gasteiger charge is -2.29. The van der Waals surface area contributed by atoms with Crippen molar-refractivity contribution in [3.8, 4) is 11.6 Å². The Morgan fingerprint density at radius 1 is 1.28 bits per heavy atom. The number of ether oxygens (including phenoxy) is 1. The summed E-state index contributed by atoms with van der Waals surface area (Å²) >= 11 is 1.47. The molecule has 0 spiro atoms. The first-order chi connectivity index (χ1) is 12.0. The van der Waals surface area contributed by atoms with Gasteiger partial charge in [0.2, 0.25) is 10.8 Å². The first-order valence-electron chi connectivity index (χ1n) is 8.57. The largest absolute Gasteiger partial charge is 0.492 e. The molecule has 25 heavy (non-hydrogen) atoms. The second kappa shape index (κ2) is 7.41. The maximum absolute atomic E-state index is 10.7. The van der Waals surface area contributed by atoms with E-state index in [0.717, 1.165) is 29.3 Å². The molecule has 0 amide bonds. The standard InChI is InChI=1S/C18H24N4O2S/c1-5-21(6-2)15(13-8-7-9-14(10-13)24-12(3)4)16-17(23)22-18(25-16)19-11-20-22/h7-12,15,23H,5-6H2,1-4H3. The van der Waals surface area contributed by atoms with Crippen LogP contribution in [0.2, 0.25) is 0 Å². The Hall–Kier alpha value is -2.12. The molecule has 0 bridgehead atoms. The zero-order valence-electron chi connectivity index (χ0n) is 15.0. The van der Waals surface area contributed by atoms with E-state index in [1.54, 1.807) is 0 Å². The third-order valence-corrected chi connectivity index (χ3v) is 5.20. The average molecular weight is 360 g/mol. The molecule has 0 aliphatic carbocycles.